The van der Waals surface area contributed by atoms with Crippen LogP contribution >= 0.6 is 0 Å². The molecule has 3 rings (SSSR count). The van der Waals surface area contributed by atoms with Crippen LogP contribution in [-0.4, -0.2) is 24.4 Å². The van der Waals surface area contributed by atoms with E-state index in [1.54, 1.807) is 13.0 Å². The van der Waals surface area contributed by atoms with E-state index in [0.717, 1.165) is 11.0 Å². The Morgan fingerprint density at radius 2 is 2.05 bits per heavy atom. The van der Waals surface area contributed by atoms with Gasteiger partial charge in [-0.05, 0) is 25.1 Å². The Kier molecular flexibility index (Phi) is 2.99. The zero-order chi connectivity index (χ0) is 16.1. The highest BCUT2D eigenvalue weighted by Gasteiger charge is 2.83. The van der Waals surface area contributed by atoms with Crippen LogP contribution in [0.25, 0.3) is 0 Å². The second kappa shape index (κ2) is 4.63. The lowest BCUT2D eigenvalue weighted by Gasteiger charge is -2.20. The Labute approximate surface area is 125 Å². The third-order valence-corrected chi connectivity index (χ3v) is 4.04. The van der Waals surface area contributed by atoms with Crippen LogP contribution in [0.4, 0.5) is 10.1 Å². The smallest absolute Gasteiger partial charge is 0.328 e. The third kappa shape index (κ3) is 1.61. The number of rotatable bonds is 3. The molecule has 2 aliphatic rings. The third-order valence-electron chi connectivity index (χ3n) is 4.04. The molecule has 1 heterocycles. The van der Waals surface area contributed by atoms with Crippen molar-refractivity contribution in [3.63, 3.8) is 0 Å². The standard InChI is InChI=1S/C15H11FN2O4/c1-2-22-14(21)15(7-17)10-11(15)13(20)18(12(10)19)9-5-3-4-8(16)6-9/h3-6,10-11H,2H2,1H3/t10-,11+,15?. The molecule has 0 bridgehead atoms. The zero-order valence-corrected chi connectivity index (χ0v) is 11.6. The number of nitriles is 1. The van der Waals surface area contributed by atoms with Gasteiger partial charge in [0.05, 0.1) is 30.2 Å². The molecule has 1 saturated carbocycles. The predicted octanol–water partition coefficient (Wildman–Crippen LogP) is 1.02. The Balaban J connectivity index is 1.94. The van der Waals surface area contributed by atoms with Crippen LogP contribution < -0.4 is 4.90 Å². The first-order valence-corrected chi connectivity index (χ1v) is 6.71. The van der Waals surface area contributed by atoms with Crippen LogP contribution in [-0.2, 0) is 19.1 Å². The van der Waals surface area contributed by atoms with Gasteiger partial charge in [0.25, 0.3) is 0 Å². The van der Waals surface area contributed by atoms with Gasteiger partial charge in [-0.3, -0.25) is 14.4 Å². The molecule has 2 amide bonds. The van der Waals surface area contributed by atoms with Crippen molar-refractivity contribution in [2.45, 2.75) is 6.92 Å². The van der Waals surface area contributed by atoms with Crippen molar-refractivity contribution >= 4 is 23.5 Å². The van der Waals surface area contributed by atoms with Crippen LogP contribution in [0.15, 0.2) is 24.3 Å². The van der Waals surface area contributed by atoms with Crippen molar-refractivity contribution in [2.75, 3.05) is 11.5 Å². The summed E-state index contributed by atoms with van der Waals surface area (Å²) in [6.07, 6.45) is 0. The Bertz CT molecular complexity index is 717. The second-order valence-electron chi connectivity index (χ2n) is 5.15. The molecule has 1 aliphatic heterocycles. The molecule has 0 N–H and O–H groups in total. The zero-order valence-electron chi connectivity index (χ0n) is 11.6. The molecule has 3 atom stereocenters. The van der Waals surface area contributed by atoms with Gasteiger partial charge in [0.1, 0.15) is 5.82 Å². The first kappa shape index (κ1) is 14.2. The summed E-state index contributed by atoms with van der Waals surface area (Å²) >= 11 is 0. The van der Waals surface area contributed by atoms with Crippen molar-refractivity contribution < 1.29 is 23.5 Å². The van der Waals surface area contributed by atoms with Crippen molar-refractivity contribution in [1.82, 2.24) is 0 Å². The number of imide groups is 1. The SMILES string of the molecule is CCOC(=O)C1(C#N)[C@@H]2C(=O)N(c3cccc(F)c3)C(=O)[C@@H]21. The van der Waals surface area contributed by atoms with E-state index in [1.165, 1.54) is 18.2 Å². The lowest BCUT2D eigenvalue weighted by atomic mass is 10.0. The quantitative estimate of drug-likeness (QED) is 0.614. The van der Waals surface area contributed by atoms with Gasteiger partial charge in [-0.1, -0.05) is 6.07 Å². The van der Waals surface area contributed by atoms with Gasteiger partial charge in [-0.15, -0.1) is 0 Å². The molecule has 0 aromatic heterocycles. The van der Waals surface area contributed by atoms with Crippen molar-refractivity contribution in [3.05, 3.63) is 30.1 Å². The summed E-state index contributed by atoms with van der Waals surface area (Å²) in [7, 11) is 0. The lowest BCUT2D eigenvalue weighted by Crippen LogP contribution is -2.40. The molecule has 1 unspecified atom stereocenters. The Morgan fingerprint density at radius 3 is 2.55 bits per heavy atom. The van der Waals surface area contributed by atoms with E-state index in [-0.39, 0.29) is 12.3 Å². The van der Waals surface area contributed by atoms with Crippen LogP contribution in [0.1, 0.15) is 6.92 Å². The van der Waals surface area contributed by atoms with Crippen molar-refractivity contribution in [1.29, 1.82) is 5.26 Å². The summed E-state index contributed by atoms with van der Waals surface area (Å²) in [5.41, 5.74) is -1.63. The molecule has 7 heteroatoms. The Morgan fingerprint density at radius 1 is 1.41 bits per heavy atom. The van der Waals surface area contributed by atoms with E-state index >= 15 is 0 Å². The number of ether oxygens (including phenoxy) is 1. The lowest BCUT2D eigenvalue weighted by molar-refractivity contribution is -0.150. The highest BCUT2D eigenvalue weighted by molar-refractivity contribution is 6.29. The minimum atomic E-state index is -1.73. The van der Waals surface area contributed by atoms with Gasteiger partial charge < -0.3 is 4.74 Å². The number of hydrogen-bond donors (Lipinski definition) is 0. The molecular weight excluding hydrogens is 291 g/mol. The topological polar surface area (TPSA) is 87.5 Å². The highest BCUT2D eigenvalue weighted by Crippen LogP contribution is 2.64. The second-order valence-corrected chi connectivity index (χ2v) is 5.15. The maximum Gasteiger partial charge on any atom is 0.328 e. The number of carbonyl (C=O) groups excluding carboxylic acids is 3. The minimum absolute atomic E-state index is 0.0533. The normalized spacial score (nSPS) is 29.0. The molecule has 6 nitrogen and oxygen atoms in total. The molecule has 0 spiro atoms. The van der Waals surface area contributed by atoms with E-state index in [9.17, 15) is 24.0 Å². The average molecular weight is 302 g/mol. The average Bonchev–Trinajstić information content (AvgIpc) is 3.10. The summed E-state index contributed by atoms with van der Waals surface area (Å²) in [5, 5.41) is 9.26. The number of fused-ring (bicyclic) bond motifs is 1. The maximum absolute atomic E-state index is 13.3. The van der Waals surface area contributed by atoms with E-state index < -0.39 is 40.9 Å². The van der Waals surface area contributed by atoms with Crippen LogP contribution in [0.5, 0.6) is 0 Å². The van der Waals surface area contributed by atoms with E-state index in [1.807, 2.05) is 0 Å². The number of piperidine rings is 1. The van der Waals surface area contributed by atoms with Gasteiger partial charge >= 0.3 is 5.97 Å². The summed E-state index contributed by atoms with van der Waals surface area (Å²) in [6, 6.07) is 6.80. The first-order valence-electron chi connectivity index (χ1n) is 6.71. The number of amides is 2. The molecule has 22 heavy (non-hydrogen) atoms. The molecule has 1 aromatic carbocycles. The van der Waals surface area contributed by atoms with Gasteiger partial charge in [0.15, 0.2) is 5.41 Å². The van der Waals surface area contributed by atoms with E-state index in [4.69, 9.17) is 4.74 Å². The number of halogens is 1. The number of nitrogens with zero attached hydrogens (tertiary/aromatic N) is 2. The highest BCUT2D eigenvalue weighted by atomic mass is 19.1. The number of hydrogen-bond acceptors (Lipinski definition) is 5. The maximum atomic E-state index is 13.3. The molecule has 1 saturated heterocycles. The summed E-state index contributed by atoms with van der Waals surface area (Å²) in [4.78, 5) is 37.5. The fourth-order valence-corrected chi connectivity index (χ4v) is 3.01. The number of esters is 1. The van der Waals surface area contributed by atoms with Gasteiger partial charge in [-0.25, -0.2) is 9.29 Å². The van der Waals surface area contributed by atoms with Crippen molar-refractivity contribution in [2.24, 2.45) is 17.3 Å². The van der Waals surface area contributed by atoms with Gasteiger partial charge in [0, 0.05) is 0 Å². The van der Waals surface area contributed by atoms with E-state index in [0.29, 0.717) is 0 Å². The summed E-state index contributed by atoms with van der Waals surface area (Å²) in [6.45, 7) is 1.63. The Hall–Kier alpha value is -2.75. The van der Waals surface area contributed by atoms with Gasteiger partial charge in [-0.2, -0.15) is 5.26 Å². The molecule has 112 valence electrons. The molecule has 1 aliphatic carbocycles. The summed E-state index contributed by atoms with van der Waals surface area (Å²) in [5.74, 6) is -4.88. The number of anilines is 1. The molecule has 1 aromatic rings. The number of carbonyl (C=O) groups is 3. The van der Waals surface area contributed by atoms with Crippen LogP contribution in [0.2, 0.25) is 0 Å². The summed E-state index contributed by atoms with van der Waals surface area (Å²) < 4.78 is 18.1. The minimum Gasteiger partial charge on any atom is -0.465 e. The predicted molar refractivity (Wildman–Crippen MR) is 70.6 cm³/mol. The fraction of sp³-hybridized carbons (Fsp3) is 0.333. The number of benzene rings is 1. The molecular formula is C15H11FN2O4. The van der Waals surface area contributed by atoms with Crippen molar-refractivity contribution in [3.8, 4) is 6.07 Å². The van der Waals surface area contributed by atoms with Crippen LogP contribution in [0, 0.1) is 34.4 Å². The fourth-order valence-electron chi connectivity index (χ4n) is 3.01. The first-order chi connectivity index (χ1) is 10.5. The monoisotopic (exact) mass is 302 g/mol. The molecule has 0 radical (unpaired) electrons. The van der Waals surface area contributed by atoms with E-state index in [2.05, 4.69) is 0 Å². The van der Waals surface area contributed by atoms with Crippen LogP contribution in [0.3, 0.4) is 0 Å². The van der Waals surface area contributed by atoms with Gasteiger partial charge in [0.2, 0.25) is 11.8 Å². The largest absolute Gasteiger partial charge is 0.465 e. The molecule has 2 fully saturated rings.